The van der Waals surface area contributed by atoms with Gasteiger partial charge in [-0.05, 0) is 51.4 Å². The molecule has 2 aromatic rings. The van der Waals surface area contributed by atoms with Crippen LogP contribution in [0.3, 0.4) is 0 Å². The molecule has 3 rings (SSSR count). The maximum Gasteiger partial charge on any atom is 0.253 e. The van der Waals surface area contributed by atoms with Crippen molar-refractivity contribution in [3.05, 3.63) is 71.8 Å². The maximum atomic E-state index is 14.5. The van der Waals surface area contributed by atoms with Gasteiger partial charge in [0.05, 0.1) is 11.3 Å². The first-order valence-corrected chi connectivity index (χ1v) is 16.3. The Morgan fingerprint density at radius 1 is 0.844 bits per heavy atom. The second-order valence-electron chi connectivity index (χ2n) is 12.3. The van der Waals surface area contributed by atoms with Gasteiger partial charge in [0.2, 0.25) is 17.7 Å². The van der Waals surface area contributed by atoms with Gasteiger partial charge in [-0.3, -0.25) is 24.1 Å². The first kappa shape index (κ1) is 35.9. The minimum atomic E-state index is -0.912. The van der Waals surface area contributed by atoms with Gasteiger partial charge in [-0.1, -0.05) is 94.3 Å². The third-order valence-corrected chi connectivity index (χ3v) is 9.15. The van der Waals surface area contributed by atoms with Gasteiger partial charge in [-0.2, -0.15) is 0 Å². The zero-order valence-corrected chi connectivity index (χ0v) is 28.2. The van der Waals surface area contributed by atoms with Gasteiger partial charge in [-0.25, -0.2) is 0 Å². The number of hydrogen-bond acceptors (Lipinski definition) is 6. The number of likely N-dealkylation sites (N-methyl/N-ethyl adjacent to an activating group) is 2. The van der Waals surface area contributed by atoms with E-state index >= 15 is 0 Å². The number of hydrogen-bond donors (Lipinski definition) is 0. The molecule has 1 saturated heterocycles. The monoisotopic (exact) mass is 620 g/mol. The fourth-order valence-corrected chi connectivity index (χ4v) is 6.02. The predicted octanol–water partition coefficient (Wildman–Crippen LogP) is 4.76. The van der Waals surface area contributed by atoms with Crippen LogP contribution in [0.1, 0.15) is 76.8 Å². The van der Waals surface area contributed by atoms with Gasteiger partial charge in [0.25, 0.3) is 5.91 Å². The minimum absolute atomic E-state index is 0.190. The van der Waals surface area contributed by atoms with E-state index in [2.05, 4.69) is 6.92 Å². The number of carbonyl (C=O) groups excluding carboxylic acids is 4. The highest BCUT2D eigenvalue weighted by Crippen LogP contribution is 2.46. The van der Waals surface area contributed by atoms with Crippen molar-refractivity contribution >= 4 is 23.6 Å². The van der Waals surface area contributed by atoms with Crippen molar-refractivity contribution in [3.63, 3.8) is 0 Å². The van der Waals surface area contributed by atoms with Crippen molar-refractivity contribution in [2.75, 3.05) is 47.4 Å². The summed E-state index contributed by atoms with van der Waals surface area (Å²) in [4.78, 5) is 61.7. The normalized spacial score (nSPS) is 16.4. The standard InChI is InChI=1S/C36H52N4O5/c1-8-11-18-23-39(33(43)31(28-19-14-12-15-20-28)29-21-16-13-17-22-29)27(4)32(42)40-34(44)36(9-2,10-3)35(40)45-26-30(41)38(7)25-24-37(5)6/h12-17,19-22,27,31,35H,8-11,18,23-26H2,1-7H3. The van der Waals surface area contributed by atoms with Gasteiger partial charge in [0.15, 0.2) is 6.23 Å². The van der Waals surface area contributed by atoms with Gasteiger partial charge in [-0.15, -0.1) is 0 Å². The number of amides is 4. The number of carbonyl (C=O) groups is 4. The summed E-state index contributed by atoms with van der Waals surface area (Å²) in [5.74, 6) is -1.82. The Kier molecular flexibility index (Phi) is 13.3. The molecule has 0 aromatic heterocycles. The highest BCUT2D eigenvalue weighted by atomic mass is 16.5. The number of ether oxygens (including phenoxy) is 1. The highest BCUT2D eigenvalue weighted by Gasteiger charge is 2.62. The summed E-state index contributed by atoms with van der Waals surface area (Å²) in [5.41, 5.74) is 0.775. The number of β-lactam (4-membered cyclic amide) rings is 1. The molecule has 0 N–H and O–H groups in total. The van der Waals surface area contributed by atoms with E-state index in [1.807, 2.05) is 93.5 Å². The number of imide groups is 1. The van der Waals surface area contributed by atoms with E-state index in [-0.39, 0.29) is 24.3 Å². The fraction of sp³-hybridized carbons (Fsp3) is 0.556. The summed E-state index contributed by atoms with van der Waals surface area (Å²) in [5, 5.41) is 0. The molecule has 0 radical (unpaired) electrons. The molecule has 1 aliphatic rings. The SMILES string of the molecule is CCCCCN(C(=O)C(c1ccccc1)c1ccccc1)C(C)C(=O)N1C(=O)C(CC)(CC)C1OCC(=O)N(C)CCN(C)C. The molecular formula is C36H52N4O5. The summed E-state index contributed by atoms with van der Waals surface area (Å²) in [6.07, 6.45) is 2.65. The van der Waals surface area contributed by atoms with Crippen LogP contribution in [0.2, 0.25) is 0 Å². The third-order valence-electron chi connectivity index (χ3n) is 9.15. The average Bonchev–Trinajstić information content (AvgIpc) is 3.05. The molecule has 0 aliphatic carbocycles. The van der Waals surface area contributed by atoms with Crippen LogP contribution in [-0.2, 0) is 23.9 Å². The Balaban J connectivity index is 1.91. The second kappa shape index (κ2) is 16.7. The van der Waals surface area contributed by atoms with Crippen LogP contribution in [-0.4, -0.2) is 103 Å². The van der Waals surface area contributed by atoms with E-state index < -0.39 is 29.5 Å². The van der Waals surface area contributed by atoms with Crippen LogP contribution in [0.25, 0.3) is 0 Å². The zero-order valence-electron chi connectivity index (χ0n) is 28.2. The Morgan fingerprint density at radius 2 is 1.40 bits per heavy atom. The minimum Gasteiger partial charge on any atom is -0.347 e. The molecule has 45 heavy (non-hydrogen) atoms. The summed E-state index contributed by atoms with van der Waals surface area (Å²) >= 11 is 0. The van der Waals surface area contributed by atoms with Gasteiger partial charge in [0.1, 0.15) is 12.6 Å². The van der Waals surface area contributed by atoms with Crippen LogP contribution in [0.15, 0.2) is 60.7 Å². The van der Waals surface area contributed by atoms with Gasteiger partial charge < -0.3 is 19.4 Å². The van der Waals surface area contributed by atoms with E-state index in [4.69, 9.17) is 4.74 Å². The summed E-state index contributed by atoms with van der Waals surface area (Å²) in [6, 6.07) is 18.3. The molecular weight excluding hydrogens is 568 g/mol. The molecule has 2 atom stereocenters. The van der Waals surface area contributed by atoms with E-state index in [9.17, 15) is 19.2 Å². The lowest BCUT2D eigenvalue weighted by Gasteiger charge is -2.54. The lowest BCUT2D eigenvalue weighted by Crippen LogP contribution is -2.73. The molecule has 9 heteroatoms. The van der Waals surface area contributed by atoms with E-state index in [0.29, 0.717) is 32.5 Å². The smallest absolute Gasteiger partial charge is 0.253 e. The lowest BCUT2D eigenvalue weighted by atomic mass is 9.71. The number of likely N-dealkylation sites (tertiary alicyclic amines) is 1. The van der Waals surface area contributed by atoms with Crippen molar-refractivity contribution in [2.45, 2.75) is 78.0 Å². The Bertz CT molecular complexity index is 1230. The van der Waals surface area contributed by atoms with E-state index in [0.717, 1.165) is 35.3 Å². The molecule has 246 valence electrons. The predicted molar refractivity (Wildman–Crippen MR) is 176 cm³/mol. The van der Waals surface area contributed by atoms with Crippen LogP contribution in [0.5, 0.6) is 0 Å². The molecule has 1 heterocycles. The molecule has 9 nitrogen and oxygen atoms in total. The fourth-order valence-electron chi connectivity index (χ4n) is 6.02. The molecule has 2 unspecified atom stereocenters. The summed E-state index contributed by atoms with van der Waals surface area (Å²) in [6.45, 7) is 8.96. The van der Waals surface area contributed by atoms with Crippen LogP contribution in [0.4, 0.5) is 0 Å². The van der Waals surface area contributed by atoms with Crippen molar-refractivity contribution < 1.29 is 23.9 Å². The van der Waals surface area contributed by atoms with Crippen LogP contribution >= 0.6 is 0 Å². The third kappa shape index (κ3) is 8.19. The quantitative estimate of drug-likeness (QED) is 0.187. The molecule has 0 spiro atoms. The Hall–Kier alpha value is -3.56. The molecule has 1 aliphatic heterocycles. The van der Waals surface area contributed by atoms with Crippen molar-refractivity contribution in [2.24, 2.45) is 5.41 Å². The van der Waals surface area contributed by atoms with Crippen molar-refractivity contribution in [1.29, 1.82) is 0 Å². The first-order chi connectivity index (χ1) is 21.5. The summed E-state index contributed by atoms with van der Waals surface area (Å²) < 4.78 is 6.12. The zero-order chi connectivity index (χ0) is 33.1. The molecule has 2 aromatic carbocycles. The molecule has 4 amide bonds. The largest absolute Gasteiger partial charge is 0.347 e. The Morgan fingerprint density at radius 3 is 1.89 bits per heavy atom. The Labute approximate surface area is 269 Å². The number of benzene rings is 2. The summed E-state index contributed by atoms with van der Waals surface area (Å²) in [7, 11) is 5.59. The van der Waals surface area contributed by atoms with Crippen molar-refractivity contribution in [3.8, 4) is 0 Å². The van der Waals surface area contributed by atoms with E-state index in [1.54, 1.807) is 23.8 Å². The van der Waals surface area contributed by atoms with Crippen LogP contribution < -0.4 is 0 Å². The number of rotatable bonds is 17. The molecule has 1 fully saturated rings. The number of nitrogens with zero attached hydrogens (tertiary/aromatic N) is 4. The van der Waals surface area contributed by atoms with E-state index in [1.165, 1.54) is 0 Å². The average molecular weight is 621 g/mol. The topological polar surface area (TPSA) is 90.5 Å². The molecule has 0 bridgehead atoms. The van der Waals surface area contributed by atoms with Gasteiger partial charge in [0, 0.05) is 26.7 Å². The molecule has 0 saturated carbocycles. The number of unbranched alkanes of at least 4 members (excludes halogenated alkanes) is 2. The van der Waals surface area contributed by atoms with Crippen LogP contribution in [0, 0.1) is 5.41 Å². The first-order valence-electron chi connectivity index (χ1n) is 16.3. The maximum absolute atomic E-state index is 14.5. The van der Waals surface area contributed by atoms with Gasteiger partial charge >= 0.3 is 0 Å². The lowest BCUT2D eigenvalue weighted by molar-refractivity contribution is -0.225. The highest BCUT2D eigenvalue weighted by molar-refractivity contribution is 6.06. The van der Waals surface area contributed by atoms with Crippen molar-refractivity contribution in [1.82, 2.24) is 19.6 Å². The second-order valence-corrected chi connectivity index (χ2v) is 12.3.